The Morgan fingerprint density at radius 2 is 1.83 bits per heavy atom. The highest BCUT2D eigenvalue weighted by molar-refractivity contribution is 5.97. The van der Waals surface area contributed by atoms with Crippen LogP contribution in [0.5, 0.6) is 5.75 Å². The molecule has 5 nitrogen and oxygen atoms in total. The van der Waals surface area contributed by atoms with Crippen LogP contribution >= 0.6 is 0 Å². The quantitative estimate of drug-likeness (QED) is 0.764. The number of hydrogen-bond donors (Lipinski definition) is 3. The Hall–Kier alpha value is -2.82. The number of phenolic OH excluding ortho intramolecular Hbond substituents is 1. The average Bonchev–Trinajstić information content (AvgIpc) is 2.60. The van der Waals surface area contributed by atoms with E-state index in [1.54, 1.807) is 36.4 Å². The maximum absolute atomic E-state index is 12.1. The molecule has 24 heavy (non-hydrogen) atoms. The predicted octanol–water partition coefficient (Wildman–Crippen LogP) is 2.85. The minimum Gasteiger partial charge on any atom is -0.507 e. The lowest BCUT2D eigenvalue weighted by atomic mass is 10.1. The van der Waals surface area contributed by atoms with Crippen molar-refractivity contribution >= 4 is 11.8 Å². The summed E-state index contributed by atoms with van der Waals surface area (Å²) in [5, 5.41) is 15.3. The van der Waals surface area contributed by atoms with Crippen molar-refractivity contribution in [2.24, 2.45) is 0 Å². The molecular formula is C19H22N2O3. The fraction of sp³-hybridized carbons (Fsp3) is 0.263. The van der Waals surface area contributed by atoms with Crippen LogP contribution in [0, 0.1) is 0 Å². The van der Waals surface area contributed by atoms with E-state index in [1.165, 1.54) is 6.07 Å². The van der Waals surface area contributed by atoms with Gasteiger partial charge in [-0.15, -0.1) is 0 Å². The molecule has 0 saturated heterocycles. The summed E-state index contributed by atoms with van der Waals surface area (Å²) in [5.74, 6) is -0.544. The van der Waals surface area contributed by atoms with Gasteiger partial charge in [0.05, 0.1) is 5.56 Å². The second-order valence-electron chi connectivity index (χ2n) is 5.68. The van der Waals surface area contributed by atoms with Crippen LogP contribution in [0.3, 0.4) is 0 Å². The summed E-state index contributed by atoms with van der Waals surface area (Å²) in [7, 11) is 0. The van der Waals surface area contributed by atoms with Crippen molar-refractivity contribution in [1.29, 1.82) is 0 Å². The van der Waals surface area contributed by atoms with Gasteiger partial charge in [0.1, 0.15) is 5.75 Å². The second kappa shape index (κ2) is 8.15. The summed E-state index contributed by atoms with van der Waals surface area (Å²) in [6.45, 7) is 4.24. The molecule has 2 amide bonds. The molecule has 2 rings (SSSR count). The molecule has 2 aromatic carbocycles. The molecule has 0 radical (unpaired) electrons. The molecule has 3 N–H and O–H groups in total. The Morgan fingerprint density at radius 1 is 1.08 bits per heavy atom. The normalized spacial score (nSPS) is 11.6. The first-order chi connectivity index (χ1) is 11.5. The van der Waals surface area contributed by atoms with E-state index in [1.807, 2.05) is 19.9 Å². The van der Waals surface area contributed by atoms with Crippen molar-refractivity contribution in [2.75, 3.05) is 0 Å². The van der Waals surface area contributed by atoms with E-state index < -0.39 is 0 Å². The summed E-state index contributed by atoms with van der Waals surface area (Å²) in [6.07, 6.45) is 0.863. The summed E-state index contributed by atoms with van der Waals surface area (Å²) in [5.41, 5.74) is 1.60. The van der Waals surface area contributed by atoms with Gasteiger partial charge in [-0.25, -0.2) is 0 Å². The molecule has 0 heterocycles. The number of rotatable bonds is 6. The van der Waals surface area contributed by atoms with Gasteiger partial charge < -0.3 is 15.7 Å². The van der Waals surface area contributed by atoms with Crippen LogP contribution < -0.4 is 10.6 Å². The Morgan fingerprint density at radius 3 is 2.54 bits per heavy atom. The van der Waals surface area contributed by atoms with E-state index >= 15 is 0 Å². The van der Waals surface area contributed by atoms with E-state index in [-0.39, 0.29) is 35.7 Å². The summed E-state index contributed by atoms with van der Waals surface area (Å²) >= 11 is 0. The van der Waals surface area contributed by atoms with Gasteiger partial charge in [-0.3, -0.25) is 9.59 Å². The predicted molar refractivity (Wildman–Crippen MR) is 92.9 cm³/mol. The molecule has 5 heteroatoms. The number of carbonyl (C=O) groups excluding carboxylic acids is 2. The maximum Gasteiger partial charge on any atom is 0.255 e. The second-order valence-corrected chi connectivity index (χ2v) is 5.68. The zero-order valence-corrected chi connectivity index (χ0v) is 13.9. The van der Waals surface area contributed by atoms with Crippen LogP contribution in [0.4, 0.5) is 0 Å². The Balaban J connectivity index is 2.01. The standard InChI is InChI=1S/C19H22N2O3/c1-3-13(2)21-18(23)15-8-6-7-14(11-15)12-20-19(24)16-9-4-5-10-17(16)22/h4-11,13,22H,3,12H2,1-2H3,(H,20,24)(H,21,23)/t13-/m0/s1. The minimum absolute atomic E-state index is 0.0586. The molecule has 0 aromatic heterocycles. The fourth-order valence-electron chi connectivity index (χ4n) is 2.17. The van der Waals surface area contributed by atoms with E-state index in [0.717, 1.165) is 12.0 Å². The largest absolute Gasteiger partial charge is 0.507 e. The number of nitrogens with one attached hydrogen (secondary N) is 2. The first-order valence-corrected chi connectivity index (χ1v) is 7.97. The van der Waals surface area contributed by atoms with Crippen LogP contribution in [-0.4, -0.2) is 23.0 Å². The van der Waals surface area contributed by atoms with Crippen molar-refractivity contribution in [1.82, 2.24) is 10.6 Å². The summed E-state index contributed by atoms with van der Waals surface area (Å²) < 4.78 is 0. The van der Waals surface area contributed by atoms with Crippen molar-refractivity contribution in [3.63, 3.8) is 0 Å². The van der Waals surface area contributed by atoms with Crippen molar-refractivity contribution in [3.05, 3.63) is 65.2 Å². The van der Waals surface area contributed by atoms with Gasteiger partial charge in [-0.1, -0.05) is 31.2 Å². The van der Waals surface area contributed by atoms with Crippen molar-refractivity contribution in [2.45, 2.75) is 32.9 Å². The number of phenols is 1. The van der Waals surface area contributed by atoms with Gasteiger partial charge in [0.15, 0.2) is 0 Å². The molecule has 0 spiro atoms. The van der Waals surface area contributed by atoms with Crippen molar-refractivity contribution in [3.8, 4) is 5.75 Å². The van der Waals surface area contributed by atoms with E-state index in [9.17, 15) is 14.7 Å². The summed E-state index contributed by atoms with van der Waals surface area (Å²) in [4.78, 5) is 24.2. The number of hydrogen-bond acceptors (Lipinski definition) is 3. The molecule has 0 aliphatic rings. The lowest BCUT2D eigenvalue weighted by Crippen LogP contribution is -2.32. The zero-order valence-electron chi connectivity index (χ0n) is 13.9. The third kappa shape index (κ3) is 4.59. The molecule has 0 unspecified atom stereocenters. The third-order valence-electron chi connectivity index (χ3n) is 3.78. The first-order valence-electron chi connectivity index (χ1n) is 7.97. The highest BCUT2D eigenvalue weighted by Crippen LogP contribution is 2.15. The summed E-state index contributed by atoms with van der Waals surface area (Å²) in [6, 6.07) is 13.6. The molecule has 0 aliphatic heterocycles. The van der Waals surface area contributed by atoms with Crippen molar-refractivity contribution < 1.29 is 14.7 Å². The van der Waals surface area contributed by atoms with Crippen LogP contribution in [0.1, 0.15) is 46.5 Å². The smallest absolute Gasteiger partial charge is 0.255 e. The molecule has 0 aliphatic carbocycles. The molecule has 2 aromatic rings. The number of amides is 2. The topological polar surface area (TPSA) is 78.4 Å². The fourth-order valence-corrected chi connectivity index (χ4v) is 2.17. The lowest BCUT2D eigenvalue weighted by molar-refractivity contribution is 0.0936. The SMILES string of the molecule is CC[C@H](C)NC(=O)c1cccc(CNC(=O)c2ccccc2O)c1. The van der Waals surface area contributed by atoms with Gasteiger partial charge in [0.2, 0.25) is 0 Å². The number of aromatic hydroxyl groups is 1. The van der Waals surface area contributed by atoms with E-state index in [0.29, 0.717) is 5.56 Å². The van der Waals surface area contributed by atoms with Crippen LogP contribution in [0.25, 0.3) is 0 Å². The molecule has 0 saturated carbocycles. The molecule has 126 valence electrons. The molecular weight excluding hydrogens is 304 g/mol. The molecule has 1 atom stereocenters. The Labute approximate surface area is 141 Å². The average molecular weight is 326 g/mol. The third-order valence-corrected chi connectivity index (χ3v) is 3.78. The van der Waals surface area contributed by atoms with Gasteiger partial charge in [0, 0.05) is 18.2 Å². The Bertz CT molecular complexity index is 728. The lowest BCUT2D eigenvalue weighted by Gasteiger charge is -2.12. The Kier molecular flexibility index (Phi) is 5.95. The number of benzene rings is 2. The maximum atomic E-state index is 12.1. The number of carbonyl (C=O) groups is 2. The monoisotopic (exact) mass is 326 g/mol. The number of para-hydroxylation sites is 1. The van der Waals surface area contributed by atoms with Crippen LogP contribution in [0.2, 0.25) is 0 Å². The van der Waals surface area contributed by atoms with Gasteiger partial charge in [-0.05, 0) is 43.2 Å². The van der Waals surface area contributed by atoms with Crippen LogP contribution in [0.15, 0.2) is 48.5 Å². The highest BCUT2D eigenvalue weighted by Gasteiger charge is 2.11. The van der Waals surface area contributed by atoms with E-state index in [4.69, 9.17) is 0 Å². The minimum atomic E-state index is -0.359. The molecule has 0 fully saturated rings. The first kappa shape index (κ1) is 17.5. The van der Waals surface area contributed by atoms with Gasteiger partial charge >= 0.3 is 0 Å². The van der Waals surface area contributed by atoms with Gasteiger partial charge in [-0.2, -0.15) is 0 Å². The van der Waals surface area contributed by atoms with Gasteiger partial charge in [0.25, 0.3) is 11.8 Å². The molecule has 0 bridgehead atoms. The highest BCUT2D eigenvalue weighted by atomic mass is 16.3. The van der Waals surface area contributed by atoms with E-state index in [2.05, 4.69) is 10.6 Å². The zero-order chi connectivity index (χ0) is 17.5. The van der Waals surface area contributed by atoms with Crippen LogP contribution in [-0.2, 0) is 6.54 Å².